The van der Waals surface area contributed by atoms with Crippen molar-refractivity contribution < 1.29 is 0 Å². The molecule has 1 N–H and O–H groups in total. The monoisotopic (exact) mass is 253 g/mol. The van der Waals surface area contributed by atoms with Crippen LogP contribution in [-0.4, -0.2) is 7.05 Å². The third-order valence-electron chi connectivity index (χ3n) is 3.21. The first kappa shape index (κ1) is 10.2. The lowest BCUT2D eigenvalue weighted by molar-refractivity contribution is 0.446. The van der Waals surface area contributed by atoms with Crippen molar-refractivity contribution in [3.63, 3.8) is 0 Å². The molecule has 0 spiro atoms. The number of hydrogen-bond acceptors (Lipinski definition) is 1. The second-order valence-electron chi connectivity index (χ2n) is 4.24. The van der Waals surface area contributed by atoms with Gasteiger partial charge in [-0.05, 0) is 55.1 Å². The molecule has 1 aromatic rings. The van der Waals surface area contributed by atoms with Crippen LogP contribution in [0.15, 0.2) is 16.6 Å². The standard InChI is InChI=1S/C12H16BrN/c1-7-4-9(13)6-11-10(7)5-8(2)12(11)14-3/h4,6,8,12,14H,5H2,1-3H3. The van der Waals surface area contributed by atoms with E-state index >= 15 is 0 Å². The van der Waals surface area contributed by atoms with Gasteiger partial charge in [-0.25, -0.2) is 0 Å². The van der Waals surface area contributed by atoms with E-state index in [0.29, 0.717) is 12.0 Å². The molecule has 76 valence electrons. The molecule has 0 aliphatic heterocycles. The zero-order valence-electron chi connectivity index (χ0n) is 8.89. The zero-order valence-corrected chi connectivity index (χ0v) is 10.5. The summed E-state index contributed by atoms with van der Waals surface area (Å²) in [7, 11) is 2.05. The Labute approximate surface area is 94.0 Å². The van der Waals surface area contributed by atoms with E-state index in [1.54, 1.807) is 5.56 Å². The molecule has 2 heteroatoms. The van der Waals surface area contributed by atoms with Gasteiger partial charge in [0.25, 0.3) is 0 Å². The van der Waals surface area contributed by atoms with E-state index in [1.807, 2.05) is 7.05 Å². The van der Waals surface area contributed by atoms with Gasteiger partial charge in [-0.15, -0.1) is 0 Å². The Kier molecular flexibility index (Phi) is 2.67. The van der Waals surface area contributed by atoms with Crippen molar-refractivity contribution in [2.45, 2.75) is 26.3 Å². The van der Waals surface area contributed by atoms with E-state index in [9.17, 15) is 0 Å². The van der Waals surface area contributed by atoms with Crippen molar-refractivity contribution in [2.24, 2.45) is 5.92 Å². The molecule has 14 heavy (non-hydrogen) atoms. The molecule has 1 aromatic carbocycles. The lowest BCUT2D eigenvalue weighted by Gasteiger charge is -2.15. The van der Waals surface area contributed by atoms with Crippen LogP contribution >= 0.6 is 15.9 Å². The number of benzene rings is 1. The average Bonchev–Trinajstić information content (AvgIpc) is 2.41. The molecule has 2 rings (SSSR count). The fourth-order valence-electron chi connectivity index (χ4n) is 2.54. The summed E-state index contributed by atoms with van der Waals surface area (Å²) in [6.07, 6.45) is 1.21. The van der Waals surface area contributed by atoms with Gasteiger partial charge in [-0.1, -0.05) is 22.9 Å². The Morgan fingerprint density at radius 3 is 2.79 bits per heavy atom. The predicted molar refractivity (Wildman–Crippen MR) is 63.5 cm³/mol. The van der Waals surface area contributed by atoms with Gasteiger partial charge in [0.05, 0.1) is 0 Å². The first-order valence-electron chi connectivity index (χ1n) is 5.09. The van der Waals surface area contributed by atoms with Crippen molar-refractivity contribution in [1.82, 2.24) is 5.32 Å². The first-order valence-corrected chi connectivity index (χ1v) is 5.89. The minimum absolute atomic E-state index is 0.529. The minimum atomic E-state index is 0.529. The molecule has 0 heterocycles. The Balaban J connectivity index is 2.53. The number of nitrogens with one attached hydrogen (secondary N) is 1. The van der Waals surface area contributed by atoms with Crippen molar-refractivity contribution in [3.05, 3.63) is 33.3 Å². The van der Waals surface area contributed by atoms with Crippen LogP contribution in [0.5, 0.6) is 0 Å². The summed E-state index contributed by atoms with van der Waals surface area (Å²) in [5.41, 5.74) is 4.44. The molecule has 1 nitrogen and oxygen atoms in total. The van der Waals surface area contributed by atoms with E-state index in [1.165, 1.54) is 22.0 Å². The molecular formula is C12H16BrN. The summed E-state index contributed by atoms with van der Waals surface area (Å²) in [6.45, 7) is 4.52. The van der Waals surface area contributed by atoms with Gasteiger partial charge in [0, 0.05) is 10.5 Å². The van der Waals surface area contributed by atoms with Gasteiger partial charge in [0.2, 0.25) is 0 Å². The molecule has 1 aliphatic carbocycles. The van der Waals surface area contributed by atoms with Crippen LogP contribution < -0.4 is 5.32 Å². The molecule has 0 saturated heterocycles. The van der Waals surface area contributed by atoms with E-state index < -0.39 is 0 Å². The fraction of sp³-hybridized carbons (Fsp3) is 0.500. The van der Waals surface area contributed by atoms with Crippen LogP contribution in [0.1, 0.15) is 29.7 Å². The number of fused-ring (bicyclic) bond motifs is 1. The van der Waals surface area contributed by atoms with Crippen LogP contribution in [0.3, 0.4) is 0 Å². The van der Waals surface area contributed by atoms with Crippen LogP contribution in [-0.2, 0) is 6.42 Å². The van der Waals surface area contributed by atoms with Crippen LogP contribution in [0.4, 0.5) is 0 Å². The van der Waals surface area contributed by atoms with E-state index in [2.05, 4.69) is 47.2 Å². The molecule has 0 aromatic heterocycles. The van der Waals surface area contributed by atoms with Crippen molar-refractivity contribution >= 4 is 15.9 Å². The van der Waals surface area contributed by atoms with Crippen molar-refractivity contribution in [1.29, 1.82) is 0 Å². The summed E-state index contributed by atoms with van der Waals surface area (Å²) in [4.78, 5) is 0. The molecule has 0 amide bonds. The molecular weight excluding hydrogens is 238 g/mol. The number of aryl methyl sites for hydroxylation is 1. The summed E-state index contributed by atoms with van der Waals surface area (Å²) in [6, 6.07) is 5.00. The maximum absolute atomic E-state index is 3.56. The van der Waals surface area contributed by atoms with Gasteiger partial charge >= 0.3 is 0 Å². The predicted octanol–water partition coefficient (Wildman–Crippen LogP) is 3.21. The quantitative estimate of drug-likeness (QED) is 0.811. The Morgan fingerprint density at radius 1 is 1.43 bits per heavy atom. The Bertz CT molecular complexity index is 360. The third kappa shape index (κ3) is 1.51. The molecule has 1 aliphatic rings. The Hall–Kier alpha value is -0.340. The summed E-state index contributed by atoms with van der Waals surface area (Å²) in [5, 5.41) is 3.40. The molecule has 2 unspecified atom stereocenters. The third-order valence-corrected chi connectivity index (χ3v) is 3.67. The fourth-order valence-corrected chi connectivity index (χ4v) is 3.13. The maximum atomic E-state index is 3.56. The highest BCUT2D eigenvalue weighted by molar-refractivity contribution is 9.10. The SMILES string of the molecule is CNC1c2cc(Br)cc(C)c2CC1C. The van der Waals surface area contributed by atoms with Crippen LogP contribution in [0.25, 0.3) is 0 Å². The lowest BCUT2D eigenvalue weighted by atomic mass is 10.0. The molecule has 0 radical (unpaired) electrons. The lowest BCUT2D eigenvalue weighted by Crippen LogP contribution is -2.19. The summed E-state index contributed by atoms with van der Waals surface area (Å²) < 4.78 is 1.20. The van der Waals surface area contributed by atoms with Gasteiger partial charge in [0.1, 0.15) is 0 Å². The van der Waals surface area contributed by atoms with E-state index in [0.717, 1.165) is 0 Å². The largest absolute Gasteiger partial charge is 0.313 e. The van der Waals surface area contributed by atoms with Crippen LogP contribution in [0, 0.1) is 12.8 Å². The van der Waals surface area contributed by atoms with E-state index in [-0.39, 0.29) is 0 Å². The van der Waals surface area contributed by atoms with Gasteiger partial charge in [-0.3, -0.25) is 0 Å². The minimum Gasteiger partial charge on any atom is -0.313 e. The highest BCUT2D eigenvalue weighted by Gasteiger charge is 2.29. The number of halogens is 1. The topological polar surface area (TPSA) is 12.0 Å². The number of rotatable bonds is 1. The molecule has 2 atom stereocenters. The van der Waals surface area contributed by atoms with Gasteiger partial charge < -0.3 is 5.32 Å². The van der Waals surface area contributed by atoms with Crippen molar-refractivity contribution in [3.8, 4) is 0 Å². The zero-order chi connectivity index (χ0) is 10.3. The summed E-state index contributed by atoms with van der Waals surface area (Å²) >= 11 is 3.56. The Morgan fingerprint density at radius 2 is 2.14 bits per heavy atom. The second-order valence-corrected chi connectivity index (χ2v) is 5.15. The first-order chi connectivity index (χ1) is 6.63. The highest BCUT2D eigenvalue weighted by atomic mass is 79.9. The van der Waals surface area contributed by atoms with Gasteiger partial charge in [-0.2, -0.15) is 0 Å². The second kappa shape index (κ2) is 3.67. The van der Waals surface area contributed by atoms with Crippen molar-refractivity contribution in [2.75, 3.05) is 7.05 Å². The smallest absolute Gasteiger partial charge is 0.0349 e. The molecule has 0 fully saturated rings. The normalized spacial score (nSPS) is 25.1. The van der Waals surface area contributed by atoms with Gasteiger partial charge in [0.15, 0.2) is 0 Å². The molecule has 0 saturated carbocycles. The highest BCUT2D eigenvalue weighted by Crippen LogP contribution is 2.38. The maximum Gasteiger partial charge on any atom is 0.0349 e. The molecule has 0 bridgehead atoms. The summed E-state index contributed by atoms with van der Waals surface area (Å²) in [5.74, 6) is 0.711. The van der Waals surface area contributed by atoms with E-state index in [4.69, 9.17) is 0 Å². The average molecular weight is 254 g/mol. The van der Waals surface area contributed by atoms with Crippen LogP contribution in [0.2, 0.25) is 0 Å². The number of hydrogen-bond donors (Lipinski definition) is 1.